The molecule has 0 heterocycles. The van der Waals surface area contributed by atoms with Crippen LogP contribution in [0.5, 0.6) is 0 Å². The lowest BCUT2D eigenvalue weighted by atomic mass is 10.1. The summed E-state index contributed by atoms with van der Waals surface area (Å²) in [6.45, 7) is 5.11. The van der Waals surface area contributed by atoms with Crippen molar-refractivity contribution in [2.75, 3.05) is 13.7 Å². The van der Waals surface area contributed by atoms with Gasteiger partial charge in [0.1, 0.15) is 0 Å². The van der Waals surface area contributed by atoms with Crippen molar-refractivity contribution in [3.8, 4) is 0 Å². The first-order chi connectivity index (χ1) is 7.69. The molecule has 2 nitrogen and oxygen atoms in total. The highest BCUT2D eigenvalue weighted by molar-refractivity contribution is 6.31. The van der Waals surface area contributed by atoms with E-state index in [1.165, 1.54) is 0 Å². The standard InChI is InChI=1S/C13H20ClNO/c1-4-10(2)15-9-13(16-3)11-7-5-6-8-12(11)14/h5-8,10,13,15H,4,9H2,1-3H3. The fourth-order valence-electron chi connectivity index (χ4n) is 1.51. The van der Waals surface area contributed by atoms with Crippen molar-refractivity contribution in [3.05, 3.63) is 34.9 Å². The van der Waals surface area contributed by atoms with Gasteiger partial charge in [-0.05, 0) is 19.4 Å². The SMILES string of the molecule is CCC(C)NCC(OC)c1ccccc1Cl. The molecule has 2 unspecified atom stereocenters. The molecule has 0 aliphatic rings. The van der Waals surface area contributed by atoms with Gasteiger partial charge in [0.2, 0.25) is 0 Å². The zero-order chi connectivity index (χ0) is 12.0. The van der Waals surface area contributed by atoms with Crippen molar-refractivity contribution in [2.24, 2.45) is 0 Å². The van der Waals surface area contributed by atoms with E-state index in [1.807, 2.05) is 24.3 Å². The van der Waals surface area contributed by atoms with Crippen LogP contribution in [-0.2, 0) is 4.74 Å². The summed E-state index contributed by atoms with van der Waals surface area (Å²) in [4.78, 5) is 0. The third-order valence-electron chi connectivity index (χ3n) is 2.80. The van der Waals surface area contributed by atoms with E-state index < -0.39 is 0 Å². The Balaban J connectivity index is 2.64. The molecule has 0 saturated heterocycles. The molecule has 0 aromatic heterocycles. The van der Waals surface area contributed by atoms with Crippen molar-refractivity contribution in [3.63, 3.8) is 0 Å². The third kappa shape index (κ3) is 3.78. The Morgan fingerprint density at radius 2 is 2.06 bits per heavy atom. The van der Waals surface area contributed by atoms with Gasteiger partial charge in [0.15, 0.2) is 0 Å². The summed E-state index contributed by atoms with van der Waals surface area (Å²) in [5, 5.41) is 4.19. The van der Waals surface area contributed by atoms with E-state index in [1.54, 1.807) is 7.11 Å². The topological polar surface area (TPSA) is 21.3 Å². The van der Waals surface area contributed by atoms with Gasteiger partial charge in [0, 0.05) is 30.3 Å². The molecule has 1 rings (SSSR count). The van der Waals surface area contributed by atoms with E-state index in [0.717, 1.165) is 23.6 Å². The highest BCUT2D eigenvalue weighted by Crippen LogP contribution is 2.24. The van der Waals surface area contributed by atoms with Crippen molar-refractivity contribution >= 4 is 11.6 Å². The molecule has 3 heteroatoms. The van der Waals surface area contributed by atoms with E-state index in [4.69, 9.17) is 16.3 Å². The van der Waals surface area contributed by atoms with Gasteiger partial charge in [-0.3, -0.25) is 0 Å². The Kier molecular flexibility index (Phi) is 5.81. The molecule has 0 fully saturated rings. The Morgan fingerprint density at radius 1 is 1.38 bits per heavy atom. The van der Waals surface area contributed by atoms with Crippen molar-refractivity contribution < 1.29 is 4.74 Å². The number of benzene rings is 1. The second-order valence-electron chi connectivity index (χ2n) is 3.96. The van der Waals surface area contributed by atoms with E-state index in [2.05, 4.69) is 19.2 Å². The minimum atomic E-state index is 0.0164. The lowest BCUT2D eigenvalue weighted by Gasteiger charge is -2.20. The predicted molar refractivity (Wildman–Crippen MR) is 69.0 cm³/mol. The molecular weight excluding hydrogens is 222 g/mol. The minimum absolute atomic E-state index is 0.0164. The molecule has 0 radical (unpaired) electrons. The molecule has 16 heavy (non-hydrogen) atoms. The normalized spacial score (nSPS) is 14.8. The first-order valence-electron chi connectivity index (χ1n) is 5.69. The van der Waals surface area contributed by atoms with E-state index >= 15 is 0 Å². The summed E-state index contributed by atoms with van der Waals surface area (Å²) >= 11 is 6.14. The van der Waals surface area contributed by atoms with Crippen LogP contribution in [0.1, 0.15) is 31.9 Å². The number of hydrogen-bond donors (Lipinski definition) is 1. The van der Waals surface area contributed by atoms with Crippen LogP contribution in [0, 0.1) is 0 Å². The second-order valence-corrected chi connectivity index (χ2v) is 4.37. The zero-order valence-corrected chi connectivity index (χ0v) is 10.9. The largest absolute Gasteiger partial charge is 0.375 e. The first kappa shape index (κ1) is 13.5. The van der Waals surface area contributed by atoms with Crippen LogP contribution in [0.25, 0.3) is 0 Å². The second kappa shape index (κ2) is 6.89. The van der Waals surface area contributed by atoms with Crippen molar-refractivity contribution in [1.29, 1.82) is 0 Å². The lowest BCUT2D eigenvalue weighted by Crippen LogP contribution is -2.30. The van der Waals surface area contributed by atoms with Crippen LogP contribution in [0.3, 0.4) is 0 Å². The highest BCUT2D eigenvalue weighted by atomic mass is 35.5. The number of rotatable bonds is 6. The molecule has 1 N–H and O–H groups in total. The Hall–Kier alpha value is -0.570. The number of halogens is 1. The molecule has 1 aromatic carbocycles. The maximum absolute atomic E-state index is 6.14. The molecule has 2 atom stereocenters. The van der Waals surface area contributed by atoms with Crippen LogP contribution in [0.15, 0.2) is 24.3 Å². The lowest BCUT2D eigenvalue weighted by molar-refractivity contribution is 0.0998. The van der Waals surface area contributed by atoms with Gasteiger partial charge in [0.05, 0.1) is 6.10 Å². The molecule has 0 spiro atoms. The van der Waals surface area contributed by atoms with Gasteiger partial charge in [0.25, 0.3) is 0 Å². The Morgan fingerprint density at radius 3 is 2.62 bits per heavy atom. The van der Waals surface area contributed by atoms with E-state index in [9.17, 15) is 0 Å². The molecule has 0 aliphatic heterocycles. The van der Waals surface area contributed by atoms with E-state index in [0.29, 0.717) is 6.04 Å². The molecule has 0 saturated carbocycles. The van der Waals surface area contributed by atoms with Gasteiger partial charge in [-0.25, -0.2) is 0 Å². The van der Waals surface area contributed by atoms with Gasteiger partial charge >= 0.3 is 0 Å². The molecule has 0 amide bonds. The number of ether oxygens (including phenoxy) is 1. The predicted octanol–water partition coefficient (Wildman–Crippen LogP) is 3.42. The fourth-order valence-corrected chi connectivity index (χ4v) is 1.77. The van der Waals surface area contributed by atoms with Gasteiger partial charge in [-0.15, -0.1) is 0 Å². The van der Waals surface area contributed by atoms with E-state index in [-0.39, 0.29) is 6.10 Å². The summed E-state index contributed by atoms with van der Waals surface area (Å²) in [5.41, 5.74) is 1.04. The number of hydrogen-bond acceptors (Lipinski definition) is 2. The molecule has 1 aromatic rings. The van der Waals surface area contributed by atoms with Crippen molar-refractivity contribution in [1.82, 2.24) is 5.32 Å². The number of methoxy groups -OCH3 is 1. The smallest absolute Gasteiger partial charge is 0.0959 e. The summed E-state index contributed by atoms with van der Waals surface area (Å²) in [5.74, 6) is 0. The first-order valence-corrected chi connectivity index (χ1v) is 6.07. The summed E-state index contributed by atoms with van der Waals surface area (Å²) in [6, 6.07) is 8.32. The molecule has 0 aliphatic carbocycles. The fraction of sp³-hybridized carbons (Fsp3) is 0.538. The van der Waals surface area contributed by atoms with Crippen LogP contribution < -0.4 is 5.32 Å². The zero-order valence-electron chi connectivity index (χ0n) is 10.2. The highest BCUT2D eigenvalue weighted by Gasteiger charge is 2.13. The minimum Gasteiger partial charge on any atom is -0.375 e. The van der Waals surface area contributed by atoms with Gasteiger partial charge < -0.3 is 10.1 Å². The van der Waals surface area contributed by atoms with Crippen LogP contribution in [0.4, 0.5) is 0 Å². The Bertz CT molecular complexity index is 317. The van der Waals surface area contributed by atoms with Crippen molar-refractivity contribution in [2.45, 2.75) is 32.4 Å². The van der Waals surface area contributed by atoms with Crippen LogP contribution >= 0.6 is 11.6 Å². The summed E-state index contributed by atoms with van der Waals surface area (Å²) < 4.78 is 5.47. The third-order valence-corrected chi connectivity index (χ3v) is 3.14. The molecular formula is C13H20ClNO. The summed E-state index contributed by atoms with van der Waals surface area (Å²) in [6.07, 6.45) is 1.13. The maximum atomic E-state index is 6.14. The monoisotopic (exact) mass is 241 g/mol. The maximum Gasteiger partial charge on any atom is 0.0959 e. The average Bonchev–Trinajstić information content (AvgIpc) is 2.31. The molecule has 0 bridgehead atoms. The Labute approximate surface area is 103 Å². The van der Waals surface area contributed by atoms with Crippen LogP contribution in [-0.4, -0.2) is 19.7 Å². The van der Waals surface area contributed by atoms with Crippen LogP contribution in [0.2, 0.25) is 5.02 Å². The average molecular weight is 242 g/mol. The number of nitrogens with one attached hydrogen (secondary N) is 1. The van der Waals surface area contributed by atoms with Gasteiger partial charge in [-0.2, -0.15) is 0 Å². The quantitative estimate of drug-likeness (QED) is 0.824. The summed E-state index contributed by atoms with van der Waals surface area (Å²) in [7, 11) is 1.71. The molecule has 90 valence electrons. The van der Waals surface area contributed by atoms with Gasteiger partial charge in [-0.1, -0.05) is 36.7 Å².